The van der Waals surface area contributed by atoms with Crippen molar-refractivity contribution < 1.29 is 23.3 Å². The van der Waals surface area contributed by atoms with Gasteiger partial charge in [-0.2, -0.15) is 4.37 Å². The smallest absolute Gasteiger partial charge is 0.233 e. The van der Waals surface area contributed by atoms with Crippen molar-refractivity contribution in [1.82, 2.24) is 14.6 Å². The second kappa shape index (κ2) is 8.84. The van der Waals surface area contributed by atoms with Crippen molar-refractivity contribution in [1.29, 1.82) is 0 Å². The summed E-state index contributed by atoms with van der Waals surface area (Å²) in [6.07, 6.45) is -6.48. The van der Waals surface area contributed by atoms with Crippen LogP contribution < -0.4 is 10.2 Å². The molecule has 186 valence electrons. The minimum atomic E-state index is -3.51. The standard InChI is InChI=1S/C28H36N4O2S/c33-27-24-18-9-10-19(13-18)25(24)28(34)32(27)15-20-6-2-1-5-17(20)14-21-16-31(12-11-29-21)26-22-7-3-4-8-23(22)35-30-26/h3-4,7-8,17-21,24-25,29H,1-2,5-6,9-16H2/t17?,18-,19?,20?,21?,24+,25-/m0/s1/i9D2,10D2,13D2,18D,19D,24D,25D. The van der Waals surface area contributed by atoms with Crippen LogP contribution in [0.5, 0.6) is 0 Å². The third-order valence-corrected chi connectivity index (χ3v) is 9.03. The third-order valence-electron chi connectivity index (χ3n) is 8.21. The Hall–Kier alpha value is -1.99. The molecule has 2 saturated heterocycles. The Labute approximate surface area is 225 Å². The number of fused-ring (bicyclic) bond motifs is 6. The molecule has 7 atom stereocenters. The summed E-state index contributed by atoms with van der Waals surface area (Å²) in [5.74, 6) is -15.7. The minimum absolute atomic E-state index is 0.0590. The Morgan fingerprint density at radius 3 is 2.63 bits per heavy atom. The van der Waals surface area contributed by atoms with Crippen LogP contribution in [0.25, 0.3) is 10.1 Å². The van der Waals surface area contributed by atoms with Gasteiger partial charge in [-0.05, 0) is 79.2 Å². The summed E-state index contributed by atoms with van der Waals surface area (Å²) in [6, 6.07) is 8.19. The molecule has 5 fully saturated rings. The van der Waals surface area contributed by atoms with Crippen LogP contribution in [0.2, 0.25) is 0 Å². The lowest BCUT2D eigenvalue weighted by atomic mass is 9.75. The number of hydrogen-bond donors (Lipinski definition) is 1. The van der Waals surface area contributed by atoms with Crippen LogP contribution >= 0.6 is 11.5 Å². The van der Waals surface area contributed by atoms with E-state index in [4.69, 9.17) is 18.1 Å². The molecular formula is C28H36N4O2S. The lowest BCUT2D eigenvalue weighted by molar-refractivity contribution is -0.142. The first-order valence-corrected chi connectivity index (χ1v) is 13.4. The van der Waals surface area contributed by atoms with Crippen LogP contribution in [0.15, 0.2) is 24.3 Å². The van der Waals surface area contributed by atoms with Gasteiger partial charge in [0.1, 0.15) is 5.82 Å². The highest BCUT2D eigenvalue weighted by molar-refractivity contribution is 7.13. The van der Waals surface area contributed by atoms with Crippen molar-refractivity contribution in [3.63, 3.8) is 0 Å². The zero-order valence-corrected chi connectivity index (χ0v) is 20.3. The summed E-state index contributed by atoms with van der Waals surface area (Å²) in [5, 5.41) is 4.70. The van der Waals surface area contributed by atoms with Crippen LogP contribution in [0.3, 0.4) is 0 Å². The molecule has 0 spiro atoms. The summed E-state index contributed by atoms with van der Waals surface area (Å²) in [6.45, 7) is 2.07. The molecule has 3 saturated carbocycles. The van der Waals surface area contributed by atoms with E-state index < -0.39 is 54.5 Å². The number of carbonyl (C=O) groups excluding carboxylic acids is 2. The van der Waals surface area contributed by atoms with E-state index in [1.54, 1.807) is 0 Å². The first-order valence-electron chi connectivity index (χ1n) is 17.6. The Balaban J connectivity index is 1.15. The number of anilines is 1. The summed E-state index contributed by atoms with van der Waals surface area (Å²) < 4.78 is 92.7. The maximum Gasteiger partial charge on any atom is 0.233 e. The van der Waals surface area contributed by atoms with Crippen molar-refractivity contribution >= 4 is 39.3 Å². The Kier molecular flexibility index (Phi) is 3.56. The van der Waals surface area contributed by atoms with Gasteiger partial charge >= 0.3 is 0 Å². The molecule has 6 nitrogen and oxygen atoms in total. The largest absolute Gasteiger partial charge is 0.352 e. The van der Waals surface area contributed by atoms with Crippen molar-refractivity contribution in [3.05, 3.63) is 24.3 Å². The summed E-state index contributed by atoms with van der Waals surface area (Å²) in [5.41, 5.74) is 0. The highest BCUT2D eigenvalue weighted by Crippen LogP contribution is 2.56. The second-order valence-electron chi connectivity index (χ2n) is 10.2. The fourth-order valence-electron chi connectivity index (χ4n) is 6.48. The quantitative estimate of drug-likeness (QED) is 0.618. The second-order valence-corrected chi connectivity index (χ2v) is 11.0. The van der Waals surface area contributed by atoms with Gasteiger partial charge < -0.3 is 10.2 Å². The Morgan fingerprint density at radius 1 is 1.09 bits per heavy atom. The molecule has 4 unspecified atom stereocenters. The van der Waals surface area contributed by atoms with E-state index in [-0.39, 0.29) is 24.4 Å². The Bertz CT molecular complexity index is 1540. The number of hydrogen-bond acceptors (Lipinski definition) is 6. The summed E-state index contributed by atoms with van der Waals surface area (Å²) in [7, 11) is 0. The van der Waals surface area contributed by atoms with Gasteiger partial charge in [0.2, 0.25) is 11.8 Å². The number of amides is 2. The van der Waals surface area contributed by atoms with Gasteiger partial charge in [0.05, 0.1) is 16.5 Å². The van der Waals surface area contributed by atoms with E-state index in [1.807, 2.05) is 18.2 Å². The highest BCUT2D eigenvalue weighted by atomic mass is 32.1. The molecular weight excluding hydrogens is 456 g/mol. The third kappa shape index (κ3) is 3.72. The number of piperazine rings is 1. The molecule has 1 aromatic heterocycles. The average Bonchev–Trinajstić information content (AvgIpc) is 3.54. The molecule has 2 bridgehead atoms. The summed E-state index contributed by atoms with van der Waals surface area (Å²) in [4.78, 5) is 31.0. The molecule has 5 aliphatic rings. The number of carbonyl (C=O) groups is 2. The number of nitrogens with zero attached hydrogens (tertiary/aromatic N) is 3. The highest BCUT2D eigenvalue weighted by Gasteiger charge is 2.61. The van der Waals surface area contributed by atoms with Crippen LogP contribution in [-0.4, -0.2) is 53.3 Å². The fourth-order valence-corrected chi connectivity index (χ4v) is 7.28. The van der Waals surface area contributed by atoms with Gasteiger partial charge in [-0.1, -0.05) is 31.4 Å². The van der Waals surface area contributed by atoms with E-state index in [0.29, 0.717) is 17.9 Å². The molecule has 2 aliphatic heterocycles. The number of rotatable bonds is 5. The lowest BCUT2D eigenvalue weighted by Gasteiger charge is -2.39. The SMILES string of the molecule is [2H]C1([2H])C([2H])([2H])[C@@]2([2H])C([2H])([2H])C1([2H])[C@]1([2H])C(=O)N(CC3CCCCC3CC3CN(c4nsc5ccccc45)CCN3)C(=O)[C@]21[2H]. The maximum atomic E-state index is 14.0. The average molecular weight is 503 g/mol. The van der Waals surface area contributed by atoms with E-state index in [9.17, 15) is 9.59 Å². The van der Waals surface area contributed by atoms with Gasteiger partial charge in [-0.3, -0.25) is 14.5 Å². The number of nitrogens with one attached hydrogen (secondary N) is 1. The first kappa shape index (κ1) is 14.1. The van der Waals surface area contributed by atoms with E-state index in [2.05, 4.69) is 16.3 Å². The van der Waals surface area contributed by atoms with Crippen LogP contribution in [0, 0.1) is 35.4 Å². The van der Waals surface area contributed by atoms with E-state index in [1.165, 1.54) is 11.5 Å². The molecule has 35 heavy (non-hydrogen) atoms. The normalized spacial score (nSPS) is 53.9. The molecule has 7 rings (SSSR count). The van der Waals surface area contributed by atoms with Crippen LogP contribution in [-0.2, 0) is 9.59 Å². The van der Waals surface area contributed by atoms with Gasteiger partial charge in [0, 0.05) is 51.3 Å². The monoisotopic (exact) mass is 502 g/mol. The lowest BCUT2D eigenvalue weighted by Crippen LogP contribution is -2.52. The molecule has 3 aliphatic carbocycles. The van der Waals surface area contributed by atoms with Gasteiger partial charge in [-0.25, -0.2) is 0 Å². The topological polar surface area (TPSA) is 65.5 Å². The predicted molar refractivity (Wildman–Crippen MR) is 138 cm³/mol. The molecule has 2 aromatic rings. The zero-order valence-electron chi connectivity index (χ0n) is 29.5. The van der Waals surface area contributed by atoms with Crippen LogP contribution in [0.4, 0.5) is 5.82 Å². The van der Waals surface area contributed by atoms with Crippen molar-refractivity contribution in [2.75, 3.05) is 31.1 Å². The molecule has 2 amide bonds. The van der Waals surface area contributed by atoms with Crippen LogP contribution in [0.1, 0.15) is 64.9 Å². The number of likely N-dealkylation sites (tertiary alicyclic amines) is 1. The zero-order chi connectivity index (χ0) is 32.6. The van der Waals surface area contributed by atoms with Crippen molar-refractivity contribution in [2.24, 2.45) is 35.4 Å². The van der Waals surface area contributed by atoms with E-state index >= 15 is 0 Å². The first-order chi connectivity index (χ1) is 20.9. The molecule has 1 N–H and O–H groups in total. The van der Waals surface area contributed by atoms with E-state index in [0.717, 1.165) is 54.7 Å². The van der Waals surface area contributed by atoms with Crippen molar-refractivity contribution in [3.8, 4) is 0 Å². The fraction of sp³-hybridized carbons (Fsp3) is 0.679. The van der Waals surface area contributed by atoms with Crippen molar-refractivity contribution in [2.45, 2.75) is 57.3 Å². The van der Waals surface area contributed by atoms with Gasteiger partial charge in [0.15, 0.2) is 0 Å². The number of imide groups is 1. The molecule has 0 radical (unpaired) electrons. The molecule has 7 heteroatoms. The molecule has 3 heterocycles. The minimum Gasteiger partial charge on any atom is -0.352 e. The van der Waals surface area contributed by atoms with Gasteiger partial charge in [-0.15, -0.1) is 0 Å². The molecule has 1 aromatic carbocycles. The maximum absolute atomic E-state index is 14.0. The summed E-state index contributed by atoms with van der Waals surface area (Å²) >= 11 is 1.46. The predicted octanol–water partition coefficient (Wildman–Crippen LogP) is 4.30. The number of aromatic nitrogens is 1. The number of benzene rings is 1. The Morgan fingerprint density at radius 2 is 1.83 bits per heavy atom. The van der Waals surface area contributed by atoms with Gasteiger partial charge in [0.25, 0.3) is 0 Å².